The standard InChI is InChI=1S/C22H32ClN3O4Si/c1-31(2,3)11-10-30-14-26-13-20(23)19-12-17(8-9-18(19)21(26)27)24-15-4-6-16(7-5-15)25-22(28)29/h8-9,12-13,15-16,24-25H,4-7,10-11,14H2,1-3H3,(H,28,29). The number of nitrogens with one attached hydrogen (secondary N) is 2. The molecule has 3 rings (SSSR count). The molecule has 0 atom stereocenters. The number of nitrogens with zero attached hydrogens (tertiary/aromatic N) is 1. The van der Waals surface area contributed by atoms with Crippen LogP contribution in [0.25, 0.3) is 10.8 Å². The van der Waals surface area contributed by atoms with Crippen LogP contribution in [0.5, 0.6) is 0 Å². The highest BCUT2D eigenvalue weighted by Crippen LogP contribution is 2.27. The first-order valence-electron chi connectivity index (χ1n) is 10.8. The summed E-state index contributed by atoms with van der Waals surface area (Å²) in [5.74, 6) is 0. The zero-order valence-electron chi connectivity index (χ0n) is 18.4. The number of hydrogen-bond donors (Lipinski definition) is 3. The molecule has 1 aliphatic rings. The van der Waals surface area contributed by atoms with Gasteiger partial charge in [0.05, 0.1) is 5.02 Å². The highest BCUT2D eigenvalue weighted by Gasteiger charge is 2.22. The maximum atomic E-state index is 12.9. The van der Waals surface area contributed by atoms with Crippen LogP contribution in [0.4, 0.5) is 10.5 Å². The second-order valence-electron chi connectivity index (χ2n) is 9.50. The Morgan fingerprint density at radius 2 is 1.87 bits per heavy atom. The Balaban J connectivity index is 1.65. The molecule has 31 heavy (non-hydrogen) atoms. The minimum Gasteiger partial charge on any atom is -0.465 e. The van der Waals surface area contributed by atoms with Crippen molar-refractivity contribution in [3.05, 3.63) is 39.8 Å². The molecule has 1 aromatic carbocycles. The Bertz CT molecular complexity index is 981. The summed E-state index contributed by atoms with van der Waals surface area (Å²) in [5, 5.41) is 16.7. The molecule has 7 nitrogen and oxygen atoms in total. The van der Waals surface area contributed by atoms with Gasteiger partial charge in [-0.1, -0.05) is 31.2 Å². The third kappa shape index (κ3) is 6.72. The highest BCUT2D eigenvalue weighted by molar-refractivity contribution is 6.76. The van der Waals surface area contributed by atoms with E-state index in [9.17, 15) is 9.59 Å². The van der Waals surface area contributed by atoms with Crippen LogP contribution in [0, 0.1) is 0 Å². The highest BCUT2D eigenvalue weighted by atomic mass is 35.5. The van der Waals surface area contributed by atoms with Crippen molar-refractivity contribution in [3.8, 4) is 0 Å². The van der Waals surface area contributed by atoms with Crippen LogP contribution in [0.15, 0.2) is 29.2 Å². The van der Waals surface area contributed by atoms with Gasteiger partial charge in [0, 0.05) is 49.4 Å². The number of aromatic nitrogens is 1. The van der Waals surface area contributed by atoms with Crippen molar-refractivity contribution in [1.29, 1.82) is 0 Å². The Morgan fingerprint density at radius 3 is 2.52 bits per heavy atom. The van der Waals surface area contributed by atoms with Gasteiger partial charge in [-0.05, 0) is 49.9 Å². The van der Waals surface area contributed by atoms with Crippen LogP contribution in [0.3, 0.4) is 0 Å². The number of carbonyl (C=O) groups is 1. The average Bonchev–Trinajstić information content (AvgIpc) is 2.69. The van der Waals surface area contributed by atoms with Crippen molar-refractivity contribution in [2.75, 3.05) is 11.9 Å². The van der Waals surface area contributed by atoms with E-state index in [0.29, 0.717) is 17.0 Å². The smallest absolute Gasteiger partial charge is 0.404 e. The number of halogens is 1. The summed E-state index contributed by atoms with van der Waals surface area (Å²) in [4.78, 5) is 23.6. The topological polar surface area (TPSA) is 92.6 Å². The molecule has 1 fully saturated rings. The van der Waals surface area contributed by atoms with Crippen molar-refractivity contribution in [3.63, 3.8) is 0 Å². The summed E-state index contributed by atoms with van der Waals surface area (Å²) in [6, 6.07) is 6.96. The first kappa shape index (κ1) is 23.6. The van der Waals surface area contributed by atoms with Gasteiger partial charge >= 0.3 is 6.09 Å². The first-order valence-corrected chi connectivity index (χ1v) is 14.9. The number of pyridine rings is 1. The molecule has 1 amide bonds. The number of ether oxygens (including phenoxy) is 1. The third-order valence-corrected chi connectivity index (χ3v) is 7.69. The van der Waals surface area contributed by atoms with E-state index in [2.05, 4.69) is 30.3 Å². The second-order valence-corrected chi connectivity index (χ2v) is 15.5. The van der Waals surface area contributed by atoms with Crippen LogP contribution in [-0.2, 0) is 11.5 Å². The van der Waals surface area contributed by atoms with Crippen molar-refractivity contribution in [2.24, 2.45) is 0 Å². The quantitative estimate of drug-likeness (QED) is 0.378. The zero-order valence-corrected chi connectivity index (χ0v) is 20.2. The van der Waals surface area contributed by atoms with E-state index in [1.54, 1.807) is 6.20 Å². The molecule has 0 aliphatic heterocycles. The number of carboxylic acid groups (broad SMARTS) is 1. The molecule has 1 aromatic heterocycles. The van der Waals surface area contributed by atoms with E-state index in [4.69, 9.17) is 21.4 Å². The monoisotopic (exact) mass is 465 g/mol. The molecule has 2 aromatic rings. The molecule has 1 aliphatic carbocycles. The van der Waals surface area contributed by atoms with E-state index >= 15 is 0 Å². The Morgan fingerprint density at radius 1 is 1.19 bits per heavy atom. The molecule has 0 spiro atoms. The largest absolute Gasteiger partial charge is 0.465 e. The summed E-state index contributed by atoms with van der Waals surface area (Å²) in [6.45, 7) is 7.72. The summed E-state index contributed by atoms with van der Waals surface area (Å²) in [5.41, 5.74) is 0.798. The predicted molar refractivity (Wildman–Crippen MR) is 128 cm³/mol. The minimum absolute atomic E-state index is 0.0213. The van der Waals surface area contributed by atoms with E-state index in [1.165, 1.54) is 4.57 Å². The van der Waals surface area contributed by atoms with Gasteiger partial charge in [0.1, 0.15) is 6.73 Å². The molecule has 9 heteroatoms. The Hall–Kier alpha value is -2.03. The summed E-state index contributed by atoms with van der Waals surface area (Å²) in [7, 11) is -1.17. The lowest BCUT2D eigenvalue weighted by Crippen LogP contribution is -2.39. The molecular formula is C22H32ClN3O4Si. The maximum absolute atomic E-state index is 12.9. The normalized spacial score (nSPS) is 19.4. The molecule has 1 saturated carbocycles. The van der Waals surface area contributed by atoms with Gasteiger partial charge < -0.3 is 20.5 Å². The van der Waals surface area contributed by atoms with Crippen LogP contribution in [0.2, 0.25) is 30.7 Å². The van der Waals surface area contributed by atoms with Gasteiger partial charge in [-0.15, -0.1) is 0 Å². The van der Waals surface area contributed by atoms with E-state index in [1.807, 2.05) is 18.2 Å². The molecule has 0 unspecified atom stereocenters. The third-order valence-electron chi connectivity index (χ3n) is 5.69. The van der Waals surface area contributed by atoms with Gasteiger partial charge in [-0.25, -0.2) is 4.79 Å². The molecule has 0 saturated heterocycles. The van der Waals surface area contributed by atoms with Crippen LogP contribution in [-0.4, -0.2) is 42.5 Å². The van der Waals surface area contributed by atoms with E-state index in [0.717, 1.165) is 42.8 Å². The lowest BCUT2D eigenvalue weighted by atomic mass is 9.91. The van der Waals surface area contributed by atoms with Gasteiger partial charge in [0.15, 0.2) is 0 Å². The predicted octanol–water partition coefficient (Wildman–Crippen LogP) is 4.96. The van der Waals surface area contributed by atoms with Crippen molar-refractivity contribution in [1.82, 2.24) is 9.88 Å². The van der Waals surface area contributed by atoms with Gasteiger partial charge in [-0.2, -0.15) is 0 Å². The van der Waals surface area contributed by atoms with Gasteiger partial charge in [0.25, 0.3) is 5.56 Å². The minimum atomic E-state index is -1.17. The lowest BCUT2D eigenvalue weighted by molar-refractivity contribution is 0.0851. The number of amides is 1. The van der Waals surface area contributed by atoms with Crippen molar-refractivity contribution < 1.29 is 14.6 Å². The zero-order chi connectivity index (χ0) is 22.6. The molecule has 3 N–H and O–H groups in total. The summed E-state index contributed by atoms with van der Waals surface area (Å²) < 4.78 is 7.25. The first-order chi connectivity index (χ1) is 14.6. The molecule has 170 valence electrons. The van der Waals surface area contributed by atoms with Crippen LogP contribution >= 0.6 is 11.6 Å². The number of fused-ring (bicyclic) bond motifs is 1. The van der Waals surface area contributed by atoms with Gasteiger partial charge in [0.2, 0.25) is 0 Å². The average molecular weight is 466 g/mol. The van der Waals surface area contributed by atoms with Crippen molar-refractivity contribution >= 4 is 42.2 Å². The Labute approximate surface area is 188 Å². The molecular weight excluding hydrogens is 434 g/mol. The fourth-order valence-corrected chi connectivity index (χ4v) is 4.90. The van der Waals surface area contributed by atoms with E-state index in [-0.39, 0.29) is 24.4 Å². The van der Waals surface area contributed by atoms with E-state index < -0.39 is 14.2 Å². The number of benzene rings is 1. The number of hydrogen-bond acceptors (Lipinski definition) is 4. The fourth-order valence-electron chi connectivity index (χ4n) is 3.87. The molecule has 1 heterocycles. The van der Waals surface area contributed by atoms with Crippen molar-refractivity contribution in [2.45, 2.75) is 70.2 Å². The number of anilines is 1. The van der Waals surface area contributed by atoms with Gasteiger partial charge in [-0.3, -0.25) is 9.36 Å². The molecule has 0 radical (unpaired) electrons. The second kappa shape index (κ2) is 10.1. The van der Waals surface area contributed by atoms with Crippen LogP contribution in [0.1, 0.15) is 25.7 Å². The fraction of sp³-hybridized carbons (Fsp3) is 0.545. The SMILES string of the molecule is C[Si](C)(C)CCOCn1cc(Cl)c2cc(NC3CCC(NC(=O)O)CC3)ccc2c1=O. The number of rotatable bonds is 8. The maximum Gasteiger partial charge on any atom is 0.404 e. The Kier molecular flexibility index (Phi) is 7.67. The lowest BCUT2D eigenvalue weighted by Gasteiger charge is -2.29. The molecule has 0 bridgehead atoms. The summed E-state index contributed by atoms with van der Waals surface area (Å²) >= 11 is 6.50. The van der Waals surface area contributed by atoms with Crippen LogP contribution < -0.4 is 16.2 Å². The summed E-state index contributed by atoms with van der Waals surface area (Å²) in [6.07, 6.45) is 4.06.